The van der Waals surface area contributed by atoms with Gasteiger partial charge in [-0.1, -0.05) is 13.0 Å². The Balaban J connectivity index is 2.02. The van der Waals surface area contributed by atoms with Gasteiger partial charge in [0.05, 0.1) is 25.3 Å². The Kier molecular flexibility index (Phi) is 4.58. The van der Waals surface area contributed by atoms with Crippen LogP contribution in [-0.2, 0) is 4.74 Å². The zero-order valence-corrected chi connectivity index (χ0v) is 13.0. The minimum absolute atomic E-state index is 0.0774. The predicted molar refractivity (Wildman–Crippen MR) is 84.7 cm³/mol. The summed E-state index contributed by atoms with van der Waals surface area (Å²) in [7, 11) is 1.79. The quantitative estimate of drug-likeness (QED) is 0.885. The highest BCUT2D eigenvalue weighted by molar-refractivity contribution is 5.90. The van der Waals surface area contributed by atoms with Crippen LogP contribution >= 0.6 is 0 Å². The fourth-order valence-electron chi connectivity index (χ4n) is 2.42. The largest absolute Gasteiger partial charge is 0.487 e. The second kappa shape index (κ2) is 6.79. The van der Waals surface area contributed by atoms with Crippen LogP contribution in [0.4, 0.5) is 5.95 Å². The number of ether oxygens (including phenoxy) is 3. The molecule has 1 N–H and O–H groups in total. The van der Waals surface area contributed by atoms with Crippen molar-refractivity contribution in [1.29, 1.82) is 0 Å². The van der Waals surface area contributed by atoms with Gasteiger partial charge in [-0.25, -0.2) is 4.98 Å². The SMILES string of the molecule is CCCOc1nc(NC)nc2cccc(OC3CCOC3)c12. The number of hydrogen-bond acceptors (Lipinski definition) is 6. The summed E-state index contributed by atoms with van der Waals surface area (Å²) in [6.45, 7) is 4.04. The van der Waals surface area contributed by atoms with Gasteiger partial charge in [-0.2, -0.15) is 4.98 Å². The Labute approximate surface area is 129 Å². The van der Waals surface area contributed by atoms with Crippen molar-refractivity contribution >= 4 is 16.9 Å². The van der Waals surface area contributed by atoms with Crippen LogP contribution in [0.2, 0.25) is 0 Å². The molecule has 22 heavy (non-hydrogen) atoms. The van der Waals surface area contributed by atoms with Gasteiger partial charge in [-0.15, -0.1) is 0 Å². The summed E-state index contributed by atoms with van der Waals surface area (Å²) in [5.74, 6) is 1.85. The zero-order valence-electron chi connectivity index (χ0n) is 13.0. The highest BCUT2D eigenvalue weighted by atomic mass is 16.5. The number of rotatable bonds is 6. The number of hydrogen-bond donors (Lipinski definition) is 1. The Morgan fingerprint density at radius 3 is 3.00 bits per heavy atom. The van der Waals surface area contributed by atoms with Gasteiger partial charge in [0.15, 0.2) is 0 Å². The summed E-state index contributed by atoms with van der Waals surface area (Å²) in [5, 5.41) is 3.79. The summed E-state index contributed by atoms with van der Waals surface area (Å²) in [4.78, 5) is 8.92. The van der Waals surface area contributed by atoms with E-state index in [0.29, 0.717) is 25.0 Å². The topological polar surface area (TPSA) is 65.5 Å². The molecule has 0 bridgehead atoms. The minimum Gasteiger partial charge on any atom is -0.487 e. The lowest BCUT2D eigenvalue weighted by atomic mass is 10.2. The van der Waals surface area contributed by atoms with Crippen LogP contribution in [0.5, 0.6) is 11.6 Å². The molecule has 6 nitrogen and oxygen atoms in total. The second-order valence-corrected chi connectivity index (χ2v) is 5.20. The van der Waals surface area contributed by atoms with Crippen LogP contribution in [0.25, 0.3) is 10.9 Å². The average molecular weight is 303 g/mol. The third-order valence-corrected chi connectivity index (χ3v) is 3.50. The van der Waals surface area contributed by atoms with Crippen LogP contribution in [0.15, 0.2) is 18.2 Å². The molecule has 1 aromatic heterocycles. The smallest absolute Gasteiger partial charge is 0.230 e. The van der Waals surface area contributed by atoms with Crippen molar-refractivity contribution in [3.8, 4) is 11.6 Å². The third-order valence-electron chi connectivity index (χ3n) is 3.50. The van der Waals surface area contributed by atoms with Gasteiger partial charge in [0.2, 0.25) is 11.8 Å². The molecule has 2 heterocycles. The predicted octanol–water partition coefficient (Wildman–Crippen LogP) is 2.63. The summed E-state index contributed by atoms with van der Waals surface area (Å²) in [5.41, 5.74) is 0.807. The molecule has 0 aliphatic carbocycles. The number of anilines is 1. The molecule has 1 unspecified atom stereocenters. The lowest BCUT2D eigenvalue weighted by Gasteiger charge is -2.16. The van der Waals surface area contributed by atoms with E-state index in [9.17, 15) is 0 Å². The first-order valence-corrected chi connectivity index (χ1v) is 7.67. The van der Waals surface area contributed by atoms with Crippen molar-refractivity contribution in [2.45, 2.75) is 25.9 Å². The maximum atomic E-state index is 6.08. The first-order chi connectivity index (χ1) is 10.8. The molecule has 1 fully saturated rings. The van der Waals surface area contributed by atoms with Crippen molar-refractivity contribution in [3.05, 3.63) is 18.2 Å². The summed E-state index contributed by atoms with van der Waals surface area (Å²) in [6, 6.07) is 5.81. The minimum atomic E-state index is 0.0774. The fourth-order valence-corrected chi connectivity index (χ4v) is 2.42. The summed E-state index contributed by atoms with van der Waals surface area (Å²) < 4.78 is 17.3. The Morgan fingerprint density at radius 2 is 2.27 bits per heavy atom. The van der Waals surface area contributed by atoms with E-state index in [0.717, 1.165) is 36.1 Å². The van der Waals surface area contributed by atoms with E-state index < -0.39 is 0 Å². The molecule has 1 saturated heterocycles. The van der Waals surface area contributed by atoms with Crippen LogP contribution < -0.4 is 14.8 Å². The molecule has 2 aromatic rings. The molecule has 0 spiro atoms. The van der Waals surface area contributed by atoms with Gasteiger partial charge < -0.3 is 19.5 Å². The molecule has 1 aliphatic rings. The van der Waals surface area contributed by atoms with Gasteiger partial charge in [-0.05, 0) is 18.6 Å². The molecule has 3 rings (SSSR count). The van der Waals surface area contributed by atoms with E-state index in [2.05, 4.69) is 22.2 Å². The standard InChI is InChI=1S/C16H21N3O3/c1-3-8-21-15-14-12(18-16(17-2)19-15)5-4-6-13(14)22-11-7-9-20-10-11/h4-6,11H,3,7-10H2,1-2H3,(H,17,18,19). The number of benzene rings is 1. The maximum Gasteiger partial charge on any atom is 0.230 e. The van der Waals surface area contributed by atoms with Crippen molar-refractivity contribution in [1.82, 2.24) is 9.97 Å². The molecule has 0 amide bonds. The first-order valence-electron chi connectivity index (χ1n) is 7.67. The number of nitrogens with one attached hydrogen (secondary N) is 1. The number of aromatic nitrogens is 2. The van der Waals surface area contributed by atoms with Crippen molar-refractivity contribution in [2.24, 2.45) is 0 Å². The Bertz CT molecular complexity index is 642. The average Bonchev–Trinajstić information content (AvgIpc) is 3.05. The van der Waals surface area contributed by atoms with Gasteiger partial charge in [-0.3, -0.25) is 0 Å². The highest BCUT2D eigenvalue weighted by Crippen LogP contribution is 2.34. The summed E-state index contributed by atoms with van der Waals surface area (Å²) in [6.07, 6.45) is 1.89. The van der Waals surface area contributed by atoms with Gasteiger partial charge in [0.1, 0.15) is 17.2 Å². The summed E-state index contributed by atoms with van der Waals surface area (Å²) >= 11 is 0. The molecule has 0 radical (unpaired) electrons. The molecule has 1 atom stereocenters. The van der Waals surface area contributed by atoms with Crippen LogP contribution in [0.1, 0.15) is 19.8 Å². The lowest BCUT2D eigenvalue weighted by Crippen LogP contribution is -2.16. The normalized spacial score (nSPS) is 17.6. The highest BCUT2D eigenvalue weighted by Gasteiger charge is 2.20. The molecule has 0 saturated carbocycles. The molecular weight excluding hydrogens is 282 g/mol. The Morgan fingerprint density at radius 1 is 1.36 bits per heavy atom. The second-order valence-electron chi connectivity index (χ2n) is 5.20. The van der Waals surface area contributed by atoms with Gasteiger partial charge in [0, 0.05) is 13.5 Å². The number of fused-ring (bicyclic) bond motifs is 1. The van der Waals surface area contributed by atoms with E-state index >= 15 is 0 Å². The van der Waals surface area contributed by atoms with Gasteiger partial charge in [0.25, 0.3) is 0 Å². The zero-order chi connectivity index (χ0) is 15.4. The van der Waals surface area contributed by atoms with E-state index in [1.54, 1.807) is 7.05 Å². The monoisotopic (exact) mass is 303 g/mol. The molecule has 1 aromatic carbocycles. The third kappa shape index (κ3) is 3.06. The van der Waals surface area contributed by atoms with Crippen molar-refractivity contribution in [3.63, 3.8) is 0 Å². The Hall–Kier alpha value is -2.08. The van der Waals surface area contributed by atoms with Crippen LogP contribution in [-0.4, -0.2) is 42.9 Å². The fraction of sp³-hybridized carbons (Fsp3) is 0.500. The van der Waals surface area contributed by atoms with Crippen LogP contribution in [0, 0.1) is 0 Å². The molecule has 1 aliphatic heterocycles. The van der Waals surface area contributed by atoms with Gasteiger partial charge >= 0.3 is 0 Å². The van der Waals surface area contributed by atoms with E-state index in [1.807, 2.05) is 18.2 Å². The van der Waals surface area contributed by atoms with Crippen molar-refractivity contribution < 1.29 is 14.2 Å². The van der Waals surface area contributed by atoms with Crippen LogP contribution in [0.3, 0.4) is 0 Å². The van der Waals surface area contributed by atoms with E-state index in [-0.39, 0.29) is 6.10 Å². The van der Waals surface area contributed by atoms with Crippen molar-refractivity contribution in [2.75, 3.05) is 32.2 Å². The lowest BCUT2D eigenvalue weighted by molar-refractivity contribution is 0.142. The molecule has 6 heteroatoms. The molecular formula is C16H21N3O3. The first kappa shape index (κ1) is 14.8. The van der Waals surface area contributed by atoms with E-state index in [4.69, 9.17) is 14.2 Å². The maximum absolute atomic E-state index is 6.08. The van der Waals surface area contributed by atoms with E-state index in [1.165, 1.54) is 0 Å². The molecule has 118 valence electrons. The number of nitrogens with zero attached hydrogens (tertiary/aromatic N) is 2.